The SMILES string of the molecule is COCCNCC(c1ccccc1F)C(C)C. The van der Waals surface area contributed by atoms with Crippen LogP contribution < -0.4 is 5.32 Å². The molecule has 0 aliphatic heterocycles. The van der Waals surface area contributed by atoms with Crippen molar-refractivity contribution in [2.24, 2.45) is 5.92 Å². The monoisotopic (exact) mass is 239 g/mol. The van der Waals surface area contributed by atoms with Crippen molar-refractivity contribution in [2.45, 2.75) is 19.8 Å². The number of methoxy groups -OCH3 is 1. The Labute approximate surface area is 103 Å². The summed E-state index contributed by atoms with van der Waals surface area (Å²) < 4.78 is 18.7. The van der Waals surface area contributed by atoms with Crippen molar-refractivity contribution in [3.63, 3.8) is 0 Å². The Hall–Kier alpha value is -0.930. The minimum atomic E-state index is -0.111. The molecule has 0 radical (unpaired) electrons. The summed E-state index contributed by atoms with van der Waals surface area (Å²) in [5.41, 5.74) is 0.799. The van der Waals surface area contributed by atoms with E-state index in [1.54, 1.807) is 13.2 Å². The number of rotatable bonds is 7. The highest BCUT2D eigenvalue weighted by Crippen LogP contribution is 2.25. The second kappa shape index (κ2) is 7.41. The maximum absolute atomic E-state index is 13.7. The molecule has 0 spiro atoms. The molecule has 1 rings (SSSR count). The molecule has 0 aliphatic rings. The summed E-state index contributed by atoms with van der Waals surface area (Å²) in [6.45, 7) is 6.50. The van der Waals surface area contributed by atoms with Gasteiger partial charge in [-0.25, -0.2) is 4.39 Å². The number of hydrogen-bond acceptors (Lipinski definition) is 2. The van der Waals surface area contributed by atoms with Gasteiger partial charge in [-0.1, -0.05) is 32.0 Å². The van der Waals surface area contributed by atoms with Crippen LogP contribution in [0.25, 0.3) is 0 Å². The molecule has 0 aromatic heterocycles. The third kappa shape index (κ3) is 4.44. The number of halogens is 1. The van der Waals surface area contributed by atoms with Gasteiger partial charge in [-0.3, -0.25) is 0 Å². The predicted molar refractivity (Wildman–Crippen MR) is 68.7 cm³/mol. The highest BCUT2D eigenvalue weighted by molar-refractivity contribution is 5.22. The summed E-state index contributed by atoms with van der Waals surface area (Å²) >= 11 is 0. The minimum Gasteiger partial charge on any atom is -0.383 e. The molecule has 1 aromatic rings. The average Bonchev–Trinajstić information content (AvgIpc) is 2.30. The largest absolute Gasteiger partial charge is 0.383 e. The Morgan fingerprint density at radius 1 is 1.29 bits per heavy atom. The lowest BCUT2D eigenvalue weighted by Gasteiger charge is -2.22. The summed E-state index contributed by atoms with van der Waals surface area (Å²) in [6.07, 6.45) is 0. The van der Waals surface area contributed by atoms with Crippen LogP contribution in [0.3, 0.4) is 0 Å². The fourth-order valence-electron chi connectivity index (χ4n) is 1.91. The number of nitrogens with one attached hydrogen (secondary N) is 1. The topological polar surface area (TPSA) is 21.3 Å². The number of ether oxygens (including phenoxy) is 1. The summed E-state index contributed by atoms with van der Waals surface area (Å²) in [7, 11) is 1.68. The van der Waals surface area contributed by atoms with Crippen LogP contribution in [0.15, 0.2) is 24.3 Å². The number of hydrogen-bond donors (Lipinski definition) is 1. The molecule has 0 fully saturated rings. The molecule has 1 atom stereocenters. The first kappa shape index (κ1) is 14.1. The van der Waals surface area contributed by atoms with E-state index in [1.807, 2.05) is 12.1 Å². The first-order valence-electron chi connectivity index (χ1n) is 6.11. The second-order valence-corrected chi connectivity index (χ2v) is 4.57. The zero-order valence-electron chi connectivity index (χ0n) is 10.9. The van der Waals surface area contributed by atoms with Gasteiger partial charge in [0.25, 0.3) is 0 Å². The standard InChI is InChI=1S/C14H22FNO/c1-11(2)13(10-16-8-9-17-3)12-6-4-5-7-14(12)15/h4-7,11,13,16H,8-10H2,1-3H3. The fraction of sp³-hybridized carbons (Fsp3) is 0.571. The van der Waals surface area contributed by atoms with E-state index >= 15 is 0 Å². The van der Waals surface area contributed by atoms with Crippen LogP contribution in [0.5, 0.6) is 0 Å². The van der Waals surface area contributed by atoms with Gasteiger partial charge in [0.2, 0.25) is 0 Å². The molecule has 0 aliphatic carbocycles. The Morgan fingerprint density at radius 2 is 2.00 bits per heavy atom. The van der Waals surface area contributed by atoms with E-state index in [-0.39, 0.29) is 11.7 Å². The number of benzene rings is 1. The first-order chi connectivity index (χ1) is 8.16. The first-order valence-corrected chi connectivity index (χ1v) is 6.11. The molecule has 1 N–H and O–H groups in total. The molecule has 0 bridgehead atoms. The van der Waals surface area contributed by atoms with Gasteiger partial charge < -0.3 is 10.1 Å². The lowest BCUT2D eigenvalue weighted by atomic mass is 9.88. The average molecular weight is 239 g/mol. The van der Waals surface area contributed by atoms with Gasteiger partial charge >= 0.3 is 0 Å². The van der Waals surface area contributed by atoms with Crippen LogP contribution in [-0.2, 0) is 4.74 Å². The van der Waals surface area contributed by atoms with E-state index < -0.39 is 0 Å². The van der Waals surface area contributed by atoms with E-state index in [0.29, 0.717) is 12.5 Å². The molecule has 0 amide bonds. The van der Waals surface area contributed by atoms with Gasteiger partial charge in [0.05, 0.1) is 6.61 Å². The van der Waals surface area contributed by atoms with Crippen molar-refractivity contribution >= 4 is 0 Å². The van der Waals surface area contributed by atoms with Gasteiger partial charge in [0, 0.05) is 26.1 Å². The highest BCUT2D eigenvalue weighted by Gasteiger charge is 2.18. The molecule has 96 valence electrons. The lowest BCUT2D eigenvalue weighted by Crippen LogP contribution is -2.28. The zero-order valence-corrected chi connectivity index (χ0v) is 10.9. The van der Waals surface area contributed by atoms with E-state index in [0.717, 1.165) is 18.7 Å². The maximum atomic E-state index is 13.7. The fourth-order valence-corrected chi connectivity index (χ4v) is 1.91. The molecule has 2 nitrogen and oxygen atoms in total. The van der Waals surface area contributed by atoms with E-state index in [4.69, 9.17) is 4.74 Å². The molecular weight excluding hydrogens is 217 g/mol. The normalized spacial score (nSPS) is 13.0. The van der Waals surface area contributed by atoms with E-state index in [2.05, 4.69) is 19.2 Å². The van der Waals surface area contributed by atoms with Crippen LogP contribution in [0.1, 0.15) is 25.3 Å². The van der Waals surface area contributed by atoms with Crippen molar-refractivity contribution in [1.29, 1.82) is 0 Å². The van der Waals surface area contributed by atoms with Gasteiger partial charge in [-0.05, 0) is 17.5 Å². The molecule has 17 heavy (non-hydrogen) atoms. The van der Waals surface area contributed by atoms with Gasteiger partial charge in [-0.2, -0.15) is 0 Å². The maximum Gasteiger partial charge on any atom is 0.126 e. The summed E-state index contributed by atoms with van der Waals surface area (Å²) in [5, 5.41) is 3.30. The minimum absolute atomic E-state index is 0.111. The molecule has 3 heteroatoms. The van der Waals surface area contributed by atoms with Crippen LogP contribution in [0.2, 0.25) is 0 Å². The summed E-state index contributed by atoms with van der Waals surface area (Å²) in [4.78, 5) is 0. The van der Waals surface area contributed by atoms with Crippen LogP contribution >= 0.6 is 0 Å². The molecular formula is C14H22FNO. The highest BCUT2D eigenvalue weighted by atomic mass is 19.1. The van der Waals surface area contributed by atoms with Crippen LogP contribution in [-0.4, -0.2) is 26.8 Å². The van der Waals surface area contributed by atoms with Crippen molar-refractivity contribution < 1.29 is 9.13 Å². The van der Waals surface area contributed by atoms with Crippen LogP contribution in [0, 0.1) is 11.7 Å². The van der Waals surface area contributed by atoms with E-state index in [1.165, 1.54) is 6.07 Å². The third-order valence-corrected chi connectivity index (χ3v) is 2.96. The Morgan fingerprint density at radius 3 is 2.59 bits per heavy atom. The Kier molecular flexibility index (Phi) is 6.16. The second-order valence-electron chi connectivity index (χ2n) is 4.57. The molecule has 1 aromatic carbocycles. The molecule has 0 saturated carbocycles. The lowest BCUT2D eigenvalue weighted by molar-refractivity contribution is 0.198. The Bertz CT molecular complexity index is 328. The smallest absolute Gasteiger partial charge is 0.126 e. The zero-order chi connectivity index (χ0) is 12.7. The Balaban J connectivity index is 2.63. The van der Waals surface area contributed by atoms with Gasteiger partial charge in [0.15, 0.2) is 0 Å². The summed E-state index contributed by atoms with van der Waals surface area (Å²) in [5.74, 6) is 0.495. The quantitative estimate of drug-likeness (QED) is 0.739. The summed E-state index contributed by atoms with van der Waals surface area (Å²) in [6, 6.07) is 7.02. The van der Waals surface area contributed by atoms with Crippen LogP contribution in [0.4, 0.5) is 4.39 Å². The van der Waals surface area contributed by atoms with Crippen molar-refractivity contribution in [2.75, 3.05) is 26.8 Å². The predicted octanol–water partition coefficient (Wildman–Crippen LogP) is 2.80. The molecule has 1 unspecified atom stereocenters. The van der Waals surface area contributed by atoms with E-state index in [9.17, 15) is 4.39 Å². The van der Waals surface area contributed by atoms with Gasteiger partial charge in [0.1, 0.15) is 5.82 Å². The van der Waals surface area contributed by atoms with Crippen molar-refractivity contribution in [1.82, 2.24) is 5.32 Å². The molecule has 0 heterocycles. The van der Waals surface area contributed by atoms with Crippen molar-refractivity contribution in [3.8, 4) is 0 Å². The van der Waals surface area contributed by atoms with Gasteiger partial charge in [-0.15, -0.1) is 0 Å². The third-order valence-electron chi connectivity index (χ3n) is 2.96. The van der Waals surface area contributed by atoms with Crippen molar-refractivity contribution in [3.05, 3.63) is 35.6 Å². The molecule has 0 saturated heterocycles.